The van der Waals surface area contributed by atoms with Crippen LogP contribution in [0.1, 0.15) is 29.5 Å². The van der Waals surface area contributed by atoms with Crippen LogP contribution in [0.5, 0.6) is 5.75 Å². The van der Waals surface area contributed by atoms with Gasteiger partial charge < -0.3 is 19.5 Å². The van der Waals surface area contributed by atoms with Crippen LogP contribution in [0.2, 0.25) is 0 Å². The van der Waals surface area contributed by atoms with Crippen LogP contribution in [0.25, 0.3) is 0 Å². The Hall–Kier alpha value is -2.94. The van der Waals surface area contributed by atoms with E-state index in [9.17, 15) is 4.79 Å². The van der Waals surface area contributed by atoms with Gasteiger partial charge in [-0.3, -0.25) is 0 Å². The van der Waals surface area contributed by atoms with Gasteiger partial charge in [-0.1, -0.05) is 12.1 Å². The van der Waals surface area contributed by atoms with Crippen molar-refractivity contribution in [2.45, 2.75) is 24.2 Å². The maximum Gasteiger partial charge on any atom is 0.415 e. The summed E-state index contributed by atoms with van der Waals surface area (Å²) >= 11 is 4.57. The van der Waals surface area contributed by atoms with Crippen molar-refractivity contribution >= 4 is 18.7 Å². The molecule has 28 heavy (non-hydrogen) atoms. The lowest BCUT2D eigenvalue weighted by Crippen LogP contribution is -2.44. The second-order valence-corrected chi connectivity index (χ2v) is 7.04. The summed E-state index contributed by atoms with van der Waals surface area (Å²) in [6.07, 6.45) is 9.71. The number of nitrogens with one attached hydrogen (secondary N) is 1. The summed E-state index contributed by atoms with van der Waals surface area (Å²) in [6.45, 7) is 1.18. The monoisotopic (exact) mass is 399 g/mol. The molecule has 146 valence electrons. The van der Waals surface area contributed by atoms with Gasteiger partial charge in [-0.05, 0) is 17.7 Å². The van der Waals surface area contributed by atoms with Gasteiger partial charge in [0.15, 0.2) is 0 Å². The summed E-state index contributed by atoms with van der Waals surface area (Å²) in [7, 11) is 0. The van der Waals surface area contributed by atoms with Crippen molar-refractivity contribution in [3.05, 3.63) is 66.8 Å². The second kappa shape index (κ2) is 8.39. The zero-order valence-electron chi connectivity index (χ0n) is 15.1. The molecule has 1 unspecified atom stereocenters. The molecule has 1 N–H and O–H groups in total. The van der Waals surface area contributed by atoms with E-state index in [1.54, 1.807) is 52.9 Å². The Bertz CT molecular complexity index is 875. The van der Waals surface area contributed by atoms with Crippen LogP contribution in [-0.2, 0) is 0 Å². The van der Waals surface area contributed by atoms with E-state index in [1.807, 2.05) is 12.1 Å². The minimum Gasteiger partial charge on any atom is -0.410 e. The number of imidazole rings is 2. The first kappa shape index (κ1) is 18.4. The minimum absolute atomic E-state index is 0.0615. The number of carbonyl (C=O) groups is 1. The predicted molar refractivity (Wildman–Crippen MR) is 105 cm³/mol. The third kappa shape index (κ3) is 4.30. The molecule has 1 aliphatic heterocycles. The molecule has 1 aromatic carbocycles. The van der Waals surface area contributed by atoms with Crippen LogP contribution in [0, 0.1) is 0 Å². The fourth-order valence-electron chi connectivity index (χ4n) is 3.09. The van der Waals surface area contributed by atoms with Crippen molar-refractivity contribution in [3.8, 4) is 5.75 Å². The molecule has 1 saturated heterocycles. The Balaban J connectivity index is 1.28. The number of thiol groups is 1. The maximum atomic E-state index is 12.4. The zero-order valence-corrected chi connectivity index (χ0v) is 16.0. The fourth-order valence-corrected chi connectivity index (χ4v) is 3.41. The zero-order chi connectivity index (χ0) is 19.3. The minimum atomic E-state index is -0.345. The van der Waals surface area contributed by atoms with Gasteiger partial charge in [-0.15, -0.1) is 0 Å². The van der Waals surface area contributed by atoms with Crippen LogP contribution in [0.15, 0.2) is 55.4 Å². The van der Waals surface area contributed by atoms with Gasteiger partial charge in [-0.25, -0.2) is 14.8 Å². The van der Waals surface area contributed by atoms with Crippen molar-refractivity contribution in [2.75, 3.05) is 13.1 Å². The molecule has 8 nitrogen and oxygen atoms in total. The Morgan fingerprint density at radius 3 is 2.64 bits per heavy atom. The number of aromatic nitrogens is 4. The average molecular weight is 399 g/mol. The number of rotatable bonds is 5. The van der Waals surface area contributed by atoms with Crippen LogP contribution >= 0.6 is 12.6 Å². The summed E-state index contributed by atoms with van der Waals surface area (Å²) in [6, 6.07) is 7.31. The van der Waals surface area contributed by atoms with Gasteiger partial charge in [0, 0.05) is 44.5 Å². The number of H-pyrrole nitrogens is 1. The summed E-state index contributed by atoms with van der Waals surface area (Å²) in [5, 5.41) is -0.158. The number of aromatic amines is 1. The van der Waals surface area contributed by atoms with E-state index < -0.39 is 0 Å². The highest BCUT2D eigenvalue weighted by Gasteiger charge is 2.25. The molecule has 4 rings (SSSR count). The number of hydrogen-bond donors (Lipinski definition) is 2. The number of hydrogen-bond acceptors (Lipinski definition) is 6. The number of piperidine rings is 1. The van der Waals surface area contributed by atoms with Crippen molar-refractivity contribution in [1.82, 2.24) is 24.6 Å². The van der Waals surface area contributed by atoms with Gasteiger partial charge in [0.2, 0.25) is 0 Å². The Kier molecular flexibility index (Phi) is 5.52. The average Bonchev–Trinajstić information content (AvgIpc) is 3.43. The number of ether oxygens (including phenoxy) is 1. The largest absolute Gasteiger partial charge is 0.415 e. The first-order chi connectivity index (χ1) is 13.7. The Morgan fingerprint density at radius 1 is 1.21 bits per heavy atom. The van der Waals surface area contributed by atoms with Gasteiger partial charge in [-0.2, -0.15) is 17.4 Å². The number of benzene rings is 1. The molecule has 1 amide bonds. The lowest BCUT2D eigenvalue weighted by molar-refractivity contribution is -0.0000187. The summed E-state index contributed by atoms with van der Waals surface area (Å²) in [4.78, 5) is 31.1. The van der Waals surface area contributed by atoms with Crippen LogP contribution in [-0.4, -0.2) is 49.9 Å². The van der Waals surface area contributed by atoms with E-state index in [1.165, 1.54) is 0 Å². The molecular formula is C19H21N5O3S. The molecule has 0 saturated carbocycles. The third-order valence-electron chi connectivity index (χ3n) is 4.63. The highest BCUT2D eigenvalue weighted by Crippen LogP contribution is 2.27. The molecule has 0 radical (unpaired) electrons. The topological polar surface area (TPSA) is 85.3 Å². The number of nitrogens with zero attached hydrogens (tertiary/aromatic N) is 4. The molecule has 9 heteroatoms. The summed E-state index contributed by atoms with van der Waals surface area (Å²) < 4.78 is 7.10. The normalized spacial score (nSPS) is 16.0. The van der Waals surface area contributed by atoms with E-state index in [-0.39, 0.29) is 17.4 Å². The third-order valence-corrected chi connectivity index (χ3v) is 5.17. The summed E-state index contributed by atoms with van der Waals surface area (Å²) in [5.41, 5.74) is 0.968. The standard InChI is InChI=1S/C19H21N5O3S/c25-19(23-10-5-16(6-11-23)27-24-12-9-20-13-24)26-15-3-1-14(2-4-15)17(28)18-21-7-8-22-18/h1-4,7-9,12-13,16-17,28H,5-6,10-11H2,(H,21,22). The molecule has 2 aromatic heterocycles. The van der Waals surface area contributed by atoms with Crippen LogP contribution in [0.4, 0.5) is 4.79 Å². The molecule has 1 aliphatic rings. The van der Waals surface area contributed by atoms with Crippen LogP contribution < -0.4 is 9.57 Å². The first-order valence-corrected chi connectivity index (χ1v) is 9.60. The van der Waals surface area contributed by atoms with Crippen LogP contribution in [0.3, 0.4) is 0 Å². The fraction of sp³-hybridized carbons (Fsp3) is 0.316. The lowest BCUT2D eigenvalue weighted by Gasteiger charge is -2.31. The van der Waals surface area contributed by atoms with Crippen molar-refractivity contribution in [2.24, 2.45) is 0 Å². The molecular weight excluding hydrogens is 378 g/mol. The predicted octanol–water partition coefficient (Wildman–Crippen LogP) is 2.72. The highest BCUT2D eigenvalue weighted by molar-refractivity contribution is 7.80. The number of carbonyl (C=O) groups excluding carboxylic acids is 1. The Morgan fingerprint density at radius 2 is 2.00 bits per heavy atom. The summed E-state index contributed by atoms with van der Waals surface area (Å²) in [5.74, 6) is 1.28. The lowest BCUT2D eigenvalue weighted by atomic mass is 10.1. The van der Waals surface area contributed by atoms with Gasteiger partial charge in [0.25, 0.3) is 0 Å². The maximum absolute atomic E-state index is 12.4. The SMILES string of the molecule is O=C(Oc1ccc(C(S)c2ncc[nH]2)cc1)N1CCC(On2ccnc2)CC1. The molecule has 0 spiro atoms. The van der Waals surface area contributed by atoms with E-state index in [0.29, 0.717) is 18.8 Å². The van der Waals surface area contributed by atoms with E-state index in [4.69, 9.17) is 9.57 Å². The second-order valence-electron chi connectivity index (χ2n) is 6.53. The molecule has 3 heterocycles. The molecule has 1 fully saturated rings. The van der Waals surface area contributed by atoms with E-state index in [2.05, 4.69) is 27.6 Å². The van der Waals surface area contributed by atoms with Crippen molar-refractivity contribution < 1.29 is 14.4 Å². The van der Waals surface area contributed by atoms with Gasteiger partial charge in [0.1, 0.15) is 24.0 Å². The molecule has 3 aromatic rings. The highest BCUT2D eigenvalue weighted by atomic mass is 32.1. The molecule has 0 aliphatic carbocycles. The first-order valence-electron chi connectivity index (χ1n) is 9.08. The number of amides is 1. The molecule has 1 atom stereocenters. The van der Waals surface area contributed by atoms with Gasteiger partial charge in [0.05, 0.1) is 11.4 Å². The Labute approximate surface area is 167 Å². The van der Waals surface area contributed by atoms with E-state index >= 15 is 0 Å². The number of likely N-dealkylation sites (tertiary alicyclic amines) is 1. The smallest absolute Gasteiger partial charge is 0.410 e. The quantitative estimate of drug-likeness (QED) is 0.645. The van der Waals surface area contributed by atoms with Gasteiger partial charge >= 0.3 is 6.09 Å². The molecule has 0 bridgehead atoms. The van der Waals surface area contributed by atoms with Crippen molar-refractivity contribution in [1.29, 1.82) is 0 Å². The van der Waals surface area contributed by atoms with Crippen molar-refractivity contribution in [3.63, 3.8) is 0 Å². The van der Waals surface area contributed by atoms with E-state index in [0.717, 1.165) is 24.2 Å².